The van der Waals surface area contributed by atoms with Crippen molar-refractivity contribution in [3.8, 4) is 5.75 Å². The summed E-state index contributed by atoms with van der Waals surface area (Å²) in [6.45, 7) is 0. The number of fused-ring (bicyclic) bond motifs is 1. The molecule has 0 unspecified atom stereocenters. The Balaban J connectivity index is 2.24. The Kier molecular flexibility index (Phi) is 2.95. The lowest BCUT2D eigenvalue weighted by Crippen LogP contribution is -2.17. The van der Waals surface area contributed by atoms with E-state index in [0.717, 1.165) is 0 Å². The highest BCUT2D eigenvalue weighted by Crippen LogP contribution is 2.35. The van der Waals surface area contributed by atoms with E-state index in [1.807, 2.05) is 0 Å². The summed E-state index contributed by atoms with van der Waals surface area (Å²) in [5, 5.41) is 12.7. The summed E-state index contributed by atoms with van der Waals surface area (Å²) < 4.78 is 5.77. The molecule has 0 amide bonds. The van der Waals surface area contributed by atoms with Gasteiger partial charge in [-0.25, -0.2) is 0 Å². The van der Waals surface area contributed by atoms with Gasteiger partial charge in [-0.3, -0.25) is 4.79 Å². The van der Waals surface area contributed by atoms with E-state index in [-0.39, 0.29) is 22.7 Å². The van der Waals surface area contributed by atoms with Crippen LogP contribution in [0.15, 0.2) is 42.5 Å². The van der Waals surface area contributed by atoms with Gasteiger partial charge >= 0.3 is 0 Å². The van der Waals surface area contributed by atoms with Crippen LogP contribution in [0.2, 0.25) is 5.02 Å². The minimum atomic E-state index is -0.374. The molecule has 100 valence electrons. The Bertz CT molecular complexity index is 753. The lowest BCUT2D eigenvalue weighted by atomic mass is 10.0. The topological polar surface area (TPSA) is 52.4 Å². The maximum atomic E-state index is 12.5. The Hall–Kier alpha value is -2.33. The van der Waals surface area contributed by atoms with Crippen molar-refractivity contribution in [2.24, 2.45) is 0 Å². The molecule has 0 aliphatic carbocycles. The van der Waals surface area contributed by atoms with Crippen molar-refractivity contribution in [1.29, 1.82) is 0 Å². The van der Waals surface area contributed by atoms with E-state index < -0.39 is 0 Å². The van der Waals surface area contributed by atoms with Gasteiger partial charge in [-0.2, -0.15) is 4.74 Å². The highest BCUT2D eigenvalue weighted by molar-refractivity contribution is 6.54. The number of nitrogens with zero attached hydrogens (tertiary/aromatic N) is 1. The van der Waals surface area contributed by atoms with Crippen LogP contribution < -0.4 is 4.74 Å². The molecule has 2 aromatic carbocycles. The zero-order valence-corrected chi connectivity index (χ0v) is 11.3. The first kappa shape index (κ1) is 12.7. The summed E-state index contributed by atoms with van der Waals surface area (Å²) >= 11 is 6.08. The Morgan fingerprint density at radius 2 is 1.90 bits per heavy atom. The number of carbonyl (C=O) groups is 1. The second-order valence-electron chi connectivity index (χ2n) is 4.31. The Morgan fingerprint density at radius 1 is 1.15 bits per heavy atom. The van der Waals surface area contributed by atoms with Crippen molar-refractivity contribution in [3.63, 3.8) is 0 Å². The average molecular weight is 288 g/mol. The highest BCUT2D eigenvalue weighted by atomic mass is 35.5. The van der Waals surface area contributed by atoms with E-state index in [0.29, 0.717) is 21.1 Å². The molecule has 1 aliphatic heterocycles. The van der Waals surface area contributed by atoms with Crippen LogP contribution in [0.3, 0.4) is 0 Å². The molecule has 0 bridgehead atoms. The predicted octanol–water partition coefficient (Wildman–Crippen LogP) is 3.18. The van der Waals surface area contributed by atoms with E-state index in [2.05, 4.69) is 0 Å². The number of hydrogen-bond acceptors (Lipinski definition) is 3. The zero-order valence-electron chi connectivity index (χ0n) is 10.6. The standard InChI is InChI=1S/C15H10ClNO3/c1-20-12-8-4-7-11-13(12)15(18)14(17(11)19)9-5-2-3-6-10(9)16/h2-8H,1H3. The molecule has 0 atom stereocenters. The number of carbonyl (C=O) groups excluding carboxylic acids is 1. The molecular weight excluding hydrogens is 278 g/mol. The molecule has 1 aliphatic rings. The summed E-state index contributed by atoms with van der Waals surface area (Å²) in [6.07, 6.45) is 0. The average Bonchev–Trinajstić information content (AvgIpc) is 2.72. The van der Waals surface area contributed by atoms with Crippen molar-refractivity contribution in [3.05, 3.63) is 63.8 Å². The molecule has 0 saturated heterocycles. The SMILES string of the molecule is COc1cccc2c1C(=O)C(c1ccccc1Cl)=[N+]2[O-]. The first-order chi connectivity index (χ1) is 9.65. The number of benzene rings is 2. The summed E-state index contributed by atoms with van der Waals surface area (Å²) in [6, 6.07) is 11.7. The highest BCUT2D eigenvalue weighted by Gasteiger charge is 2.39. The monoisotopic (exact) mass is 287 g/mol. The molecule has 1 heterocycles. The summed E-state index contributed by atoms with van der Waals surface area (Å²) in [5.41, 5.74) is 1.01. The van der Waals surface area contributed by atoms with Crippen LogP contribution in [0.5, 0.6) is 5.75 Å². The molecule has 0 fully saturated rings. The largest absolute Gasteiger partial charge is 0.618 e. The molecular formula is C15H10ClNO3. The molecule has 0 radical (unpaired) electrons. The minimum Gasteiger partial charge on any atom is -0.618 e. The van der Waals surface area contributed by atoms with E-state index in [1.165, 1.54) is 7.11 Å². The van der Waals surface area contributed by atoms with Gasteiger partial charge in [0.1, 0.15) is 11.3 Å². The van der Waals surface area contributed by atoms with Gasteiger partial charge in [0.05, 0.1) is 17.7 Å². The zero-order chi connectivity index (χ0) is 14.3. The third-order valence-electron chi connectivity index (χ3n) is 3.22. The van der Waals surface area contributed by atoms with Crippen LogP contribution in [-0.2, 0) is 0 Å². The van der Waals surface area contributed by atoms with Gasteiger partial charge in [0.2, 0.25) is 5.69 Å². The van der Waals surface area contributed by atoms with Gasteiger partial charge in [-0.05, 0) is 18.2 Å². The number of ether oxygens (including phenoxy) is 1. The van der Waals surface area contributed by atoms with Crippen molar-refractivity contribution in [1.82, 2.24) is 0 Å². The second kappa shape index (κ2) is 4.65. The lowest BCUT2D eigenvalue weighted by molar-refractivity contribution is -0.355. The number of methoxy groups -OCH3 is 1. The molecule has 2 aromatic rings. The predicted molar refractivity (Wildman–Crippen MR) is 76.2 cm³/mol. The lowest BCUT2D eigenvalue weighted by Gasteiger charge is -2.03. The number of hydrogen-bond donors (Lipinski definition) is 0. The molecule has 20 heavy (non-hydrogen) atoms. The molecule has 0 N–H and O–H groups in total. The molecule has 3 rings (SSSR count). The maximum absolute atomic E-state index is 12.5. The van der Waals surface area contributed by atoms with Crippen LogP contribution in [0.4, 0.5) is 5.69 Å². The minimum absolute atomic E-state index is 0.0232. The first-order valence-electron chi connectivity index (χ1n) is 5.96. The van der Waals surface area contributed by atoms with Gasteiger partial charge in [-0.15, -0.1) is 0 Å². The van der Waals surface area contributed by atoms with E-state index in [9.17, 15) is 10.0 Å². The number of Topliss-reactive ketones (excluding diaryl/α,β-unsaturated/α-hetero) is 1. The molecule has 0 aromatic heterocycles. The summed E-state index contributed by atoms with van der Waals surface area (Å²) in [7, 11) is 1.46. The number of ketones is 1. The molecule has 5 heteroatoms. The van der Waals surface area contributed by atoms with E-state index in [1.54, 1.807) is 42.5 Å². The Labute approximate surface area is 120 Å². The van der Waals surface area contributed by atoms with Gasteiger partial charge in [0, 0.05) is 6.07 Å². The van der Waals surface area contributed by atoms with Gasteiger partial charge < -0.3 is 9.94 Å². The fourth-order valence-corrected chi connectivity index (χ4v) is 2.53. The first-order valence-corrected chi connectivity index (χ1v) is 6.33. The fraction of sp³-hybridized carbons (Fsp3) is 0.0667. The van der Waals surface area contributed by atoms with Gasteiger partial charge in [0.15, 0.2) is 0 Å². The Morgan fingerprint density at radius 3 is 2.60 bits per heavy atom. The van der Waals surface area contributed by atoms with E-state index >= 15 is 0 Å². The third kappa shape index (κ3) is 1.69. The smallest absolute Gasteiger partial charge is 0.274 e. The van der Waals surface area contributed by atoms with Crippen LogP contribution in [0.1, 0.15) is 15.9 Å². The van der Waals surface area contributed by atoms with Crippen molar-refractivity contribution in [2.45, 2.75) is 0 Å². The van der Waals surface area contributed by atoms with Crippen molar-refractivity contribution < 1.29 is 14.3 Å². The molecule has 4 nitrogen and oxygen atoms in total. The number of rotatable bonds is 2. The normalized spacial score (nSPS) is 13.6. The second-order valence-corrected chi connectivity index (χ2v) is 4.71. The van der Waals surface area contributed by atoms with Gasteiger partial charge in [-0.1, -0.05) is 29.8 Å². The molecule has 0 saturated carbocycles. The fourth-order valence-electron chi connectivity index (χ4n) is 2.30. The molecule has 0 spiro atoms. The van der Waals surface area contributed by atoms with Crippen LogP contribution in [0.25, 0.3) is 0 Å². The summed E-state index contributed by atoms with van der Waals surface area (Å²) in [5.74, 6) is 0.0101. The van der Waals surface area contributed by atoms with E-state index in [4.69, 9.17) is 16.3 Å². The van der Waals surface area contributed by atoms with Crippen LogP contribution >= 0.6 is 11.6 Å². The maximum Gasteiger partial charge on any atom is 0.274 e. The third-order valence-corrected chi connectivity index (χ3v) is 3.55. The van der Waals surface area contributed by atoms with Gasteiger partial charge in [0.25, 0.3) is 11.5 Å². The quantitative estimate of drug-likeness (QED) is 0.630. The van der Waals surface area contributed by atoms with Crippen molar-refractivity contribution in [2.75, 3.05) is 7.11 Å². The number of halogens is 1. The van der Waals surface area contributed by atoms with Crippen molar-refractivity contribution >= 4 is 28.8 Å². The van der Waals surface area contributed by atoms with Crippen LogP contribution in [0, 0.1) is 5.21 Å². The summed E-state index contributed by atoms with van der Waals surface area (Å²) in [4.78, 5) is 12.5. The van der Waals surface area contributed by atoms with Crippen LogP contribution in [-0.4, -0.2) is 23.3 Å².